The van der Waals surface area contributed by atoms with Crippen LogP contribution in [-0.2, 0) is 6.18 Å². The van der Waals surface area contributed by atoms with Crippen LogP contribution in [0.1, 0.15) is 30.0 Å². The lowest BCUT2D eigenvalue weighted by Crippen LogP contribution is -2.43. The maximum Gasteiger partial charge on any atom is 0.416 e. The Hall–Kier alpha value is -1.76. The minimum atomic E-state index is -4.29. The fraction of sp³-hybridized carbons (Fsp3) is 0.588. The molecule has 1 fully saturated rings. The van der Waals surface area contributed by atoms with E-state index in [-0.39, 0.29) is 6.04 Å². The van der Waals surface area contributed by atoms with Crippen LogP contribution in [-0.4, -0.2) is 44.1 Å². The van der Waals surface area contributed by atoms with Gasteiger partial charge in [-0.2, -0.15) is 13.2 Å². The van der Waals surface area contributed by atoms with Crippen LogP contribution >= 0.6 is 0 Å². The molecule has 1 aromatic rings. The lowest BCUT2D eigenvalue weighted by molar-refractivity contribution is -0.137. The second-order valence-electron chi connectivity index (χ2n) is 6.49. The lowest BCUT2D eigenvalue weighted by Gasteiger charge is -2.40. The number of nitrogens with zero attached hydrogens (tertiary/aromatic N) is 2. The van der Waals surface area contributed by atoms with E-state index in [0.717, 1.165) is 50.5 Å². The average molecular weight is 340 g/mol. The Labute approximate surface area is 140 Å². The second kappa shape index (κ2) is 7.01. The highest BCUT2D eigenvalue weighted by atomic mass is 19.4. The Bertz CT molecular complexity index is 582. The Morgan fingerprint density at radius 2 is 2.04 bits per heavy atom. The first-order valence-corrected chi connectivity index (χ1v) is 8.35. The molecule has 0 spiro atoms. The third kappa shape index (κ3) is 3.83. The van der Waals surface area contributed by atoms with E-state index in [0.29, 0.717) is 5.92 Å². The van der Waals surface area contributed by atoms with Crippen LogP contribution in [0.25, 0.3) is 0 Å². The van der Waals surface area contributed by atoms with Crippen LogP contribution in [0.15, 0.2) is 29.3 Å². The van der Waals surface area contributed by atoms with E-state index in [4.69, 9.17) is 0 Å². The van der Waals surface area contributed by atoms with Gasteiger partial charge in [0.15, 0.2) is 5.96 Å². The van der Waals surface area contributed by atoms with Gasteiger partial charge in [0, 0.05) is 19.1 Å². The molecule has 0 amide bonds. The van der Waals surface area contributed by atoms with E-state index in [1.807, 2.05) is 7.05 Å². The van der Waals surface area contributed by atoms with Crippen molar-refractivity contribution >= 4 is 5.96 Å². The van der Waals surface area contributed by atoms with Gasteiger partial charge in [0.2, 0.25) is 0 Å². The molecule has 1 aromatic carbocycles. The van der Waals surface area contributed by atoms with E-state index in [9.17, 15) is 13.2 Å². The Kier molecular flexibility index (Phi) is 4.99. The molecule has 2 heterocycles. The number of rotatable bonds is 3. The molecular formula is C17H23F3N4. The van der Waals surface area contributed by atoms with Crippen molar-refractivity contribution in [2.75, 3.05) is 33.2 Å². The lowest BCUT2D eigenvalue weighted by atomic mass is 9.84. The molecule has 0 saturated carbocycles. The van der Waals surface area contributed by atoms with E-state index < -0.39 is 11.7 Å². The van der Waals surface area contributed by atoms with Crippen LogP contribution < -0.4 is 10.6 Å². The summed E-state index contributed by atoms with van der Waals surface area (Å²) in [4.78, 5) is 6.57. The number of nitrogens with one attached hydrogen (secondary N) is 2. The minimum absolute atomic E-state index is 0.121. The van der Waals surface area contributed by atoms with Crippen LogP contribution in [0.2, 0.25) is 0 Å². The van der Waals surface area contributed by atoms with Gasteiger partial charge in [-0.05, 0) is 50.0 Å². The first-order chi connectivity index (χ1) is 11.4. The molecule has 2 aliphatic rings. The predicted molar refractivity (Wildman–Crippen MR) is 87.8 cm³/mol. The summed E-state index contributed by atoms with van der Waals surface area (Å²) in [6.45, 7) is 3.37. The highest BCUT2D eigenvalue weighted by Crippen LogP contribution is 2.36. The molecule has 0 aromatic heterocycles. The van der Waals surface area contributed by atoms with Crippen LogP contribution in [0.4, 0.5) is 13.2 Å². The molecule has 24 heavy (non-hydrogen) atoms. The molecule has 3 rings (SSSR count). The molecule has 0 bridgehead atoms. The molecule has 0 aliphatic carbocycles. The van der Waals surface area contributed by atoms with Gasteiger partial charge in [0.1, 0.15) is 0 Å². The zero-order chi connectivity index (χ0) is 17.2. The summed E-state index contributed by atoms with van der Waals surface area (Å²) in [5, 5.41) is 6.53. The summed E-state index contributed by atoms with van der Waals surface area (Å²) in [6, 6.07) is 5.73. The summed E-state index contributed by atoms with van der Waals surface area (Å²) < 4.78 is 38.3. The monoisotopic (exact) mass is 340 g/mol. The van der Waals surface area contributed by atoms with Gasteiger partial charge in [-0.15, -0.1) is 0 Å². The Morgan fingerprint density at radius 1 is 1.29 bits per heavy atom. The molecule has 132 valence electrons. The second-order valence-corrected chi connectivity index (χ2v) is 6.49. The fourth-order valence-electron chi connectivity index (χ4n) is 3.61. The van der Waals surface area contributed by atoms with Crippen molar-refractivity contribution in [2.24, 2.45) is 10.9 Å². The molecule has 7 heteroatoms. The highest BCUT2D eigenvalue weighted by molar-refractivity contribution is 5.81. The molecule has 0 radical (unpaired) electrons. The number of halogens is 3. The molecular weight excluding hydrogens is 317 g/mol. The summed E-state index contributed by atoms with van der Waals surface area (Å²) >= 11 is 0. The van der Waals surface area contributed by atoms with Gasteiger partial charge in [-0.25, -0.2) is 0 Å². The van der Waals surface area contributed by atoms with E-state index in [1.165, 1.54) is 12.1 Å². The van der Waals surface area contributed by atoms with Crippen LogP contribution in [0.3, 0.4) is 0 Å². The fourth-order valence-corrected chi connectivity index (χ4v) is 3.61. The largest absolute Gasteiger partial charge is 0.416 e. The predicted octanol–water partition coefficient (Wildman–Crippen LogP) is 2.64. The number of hydrogen-bond donors (Lipinski definition) is 2. The van der Waals surface area contributed by atoms with E-state index in [1.54, 1.807) is 12.1 Å². The number of alkyl halides is 3. The summed E-state index contributed by atoms with van der Waals surface area (Å²) in [5.41, 5.74) is 0.349. The third-order valence-corrected chi connectivity index (χ3v) is 4.79. The first-order valence-electron chi connectivity index (χ1n) is 8.35. The summed E-state index contributed by atoms with van der Waals surface area (Å²) in [6.07, 6.45) is -2.14. The SMILES string of the molecule is CN1CCC[C@H](CNC2=NCCN2)[C@@H]1c1ccc(C(F)(F)F)cc1. The van der Waals surface area contributed by atoms with Crippen LogP contribution in [0, 0.1) is 5.92 Å². The maximum absolute atomic E-state index is 12.8. The van der Waals surface area contributed by atoms with Crippen molar-refractivity contribution in [3.63, 3.8) is 0 Å². The summed E-state index contributed by atoms with van der Waals surface area (Å²) in [5.74, 6) is 1.17. The van der Waals surface area contributed by atoms with Gasteiger partial charge in [-0.1, -0.05) is 12.1 Å². The Morgan fingerprint density at radius 3 is 2.67 bits per heavy atom. The molecule has 0 unspecified atom stereocenters. The highest BCUT2D eigenvalue weighted by Gasteiger charge is 2.33. The smallest absolute Gasteiger partial charge is 0.356 e. The summed E-state index contributed by atoms with van der Waals surface area (Å²) in [7, 11) is 2.04. The third-order valence-electron chi connectivity index (χ3n) is 4.79. The number of hydrogen-bond acceptors (Lipinski definition) is 4. The quantitative estimate of drug-likeness (QED) is 0.889. The number of piperidine rings is 1. The minimum Gasteiger partial charge on any atom is -0.356 e. The van der Waals surface area contributed by atoms with Crippen molar-refractivity contribution in [3.8, 4) is 0 Å². The van der Waals surface area contributed by atoms with Gasteiger partial charge in [-0.3, -0.25) is 9.89 Å². The van der Waals surface area contributed by atoms with Gasteiger partial charge < -0.3 is 10.6 Å². The topological polar surface area (TPSA) is 39.7 Å². The molecule has 4 nitrogen and oxygen atoms in total. The van der Waals surface area contributed by atoms with Crippen LogP contribution in [0.5, 0.6) is 0 Å². The standard InChI is InChI=1S/C17H23F3N4/c1-24-10-2-3-13(11-23-16-21-8-9-22-16)15(24)12-4-6-14(7-5-12)17(18,19)20/h4-7,13,15H,2-3,8-11H2,1H3,(H2,21,22,23)/t13-,15+/m1/s1. The van der Waals surface area contributed by atoms with E-state index in [2.05, 4.69) is 20.5 Å². The van der Waals surface area contributed by atoms with Crippen molar-refractivity contribution in [1.29, 1.82) is 0 Å². The molecule has 2 N–H and O–H groups in total. The van der Waals surface area contributed by atoms with E-state index >= 15 is 0 Å². The Balaban J connectivity index is 1.73. The molecule has 1 saturated heterocycles. The zero-order valence-corrected chi connectivity index (χ0v) is 13.7. The van der Waals surface area contributed by atoms with Crippen molar-refractivity contribution in [3.05, 3.63) is 35.4 Å². The molecule has 2 aliphatic heterocycles. The number of aliphatic imine (C=N–C) groups is 1. The number of guanidine groups is 1. The van der Waals surface area contributed by atoms with Gasteiger partial charge in [0.25, 0.3) is 0 Å². The normalized spacial score (nSPS) is 25.2. The van der Waals surface area contributed by atoms with Crippen molar-refractivity contribution in [1.82, 2.24) is 15.5 Å². The van der Waals surface area contributed by atoms with Crippen molar-refractivity contribution < 1.29 is 13.2 Å². The van der Waals surface area contributed by atoms with Gasteiger partial charge in [0.05, 0.1) is 12.1 Å². The number of likely N-dealkylation sites (tertiary alicyclic amines) is 1. The first kappa shape index (κ1) is 17.1. The molecule has 2 atom stereocenters. The number of benzene rings is 1. The van der Waals surface area contributed by atoms with Crippen molar-refractivity contribution in [2.45, 2.75) is 25.1 Å². The maximum atomic E-state index is 12.8. The van der Waals surface area contributed by atoms with Gasteiger partial charge >= 0.3 is 6.18 Å². The zero-order valence-electron chi connectivity index (χ0n) is 13.7. The average Bonchev–Trinajstić information content (AvgIpc) is 3.06.